The predicted octanol–water partition coefficient (Wildman–Crippen LogP) is 4.28. The van der Waals surface area contributed by atoms with E-state index in [9.17, 15) is 4.91 Å². The molecule has 0 aliphatic carbocycles. The number of nitrogens with zero attached hydrogens (tertiary/aromatic N) is 1. The van der Waals surface area contributed by atoms with E-state index in [0.29, 0.717) is 0 Å². The topological polar surface area (TPSA) is 29.4 Å². The van der Waals surface area contributed by atoms with Crippen molar-refractivity contribution in [2.45, 2.75) is 0 Å². The van der Waals surface area contributed by atoms with Crippen LogP contribution < -0.4 is 0 Å². The Morgan fingerprint density at radius 3 is 1.45 bits per heavy atom. The summed E-state index contributed by atoms with van der Waals surface area (Å²) in [4.78, 5) is 9.98. The lowest BCUT2D eigenvalue weighted by atomic mass is 10.5. The molecule has 0 radical (unpaired) electrons. The van der Waals surface area contributed by atoms with Crippen LogP contribution >= 0.6 is 58.0 Å². The maximum Gasteiger partial charge on any atom is 0.159 e. The molecule has 0 bridgehead atoms. The summed E-state index contributed by atoms with van der Waals surface area (Å²) in [6.45, 7) is 0. The second-order valence-corrected chi connectivity index (χ2v) is 3.55. The average molecular weight is 255 g/mol. The fourth-order valence-electron chi connectivity index (χ4n) is 0.247. The average Bonchev–Trinajstić information content (AvgIpc) is 1.88. The molecule has 0 saturated carbocycles. The van der Waals surface area contributed by atoms with Crippen molar-refractivity contribution in [1.29, 1.82) is 0 Å². The third-order valence-electron chi connectivity index (χ3n) is 0.644. The smallest absolute Gasteiger partial charge is 0.145 e. The molecule has 0 amide bonds. The van der Waals surface area contributed by atoms with Crippen LogP contribution in [-0.4, -0.2) is 0 Å². The molecule has 0 spiro atoms. The SMILES string of the molecule is O=NC(=C(Cl)Cl)C(Cl)=C(Cl)Cl. The molecule has 0 fully saturated rings. The monoisotopic (exact) mass is 253 g/mol. The summed E-state index contributed by atoms with van der Waals surface area (Å²) in [5, 5.41) is 2.14. The Bertz CT molecular complexity index is 225. The molecule has 0 unspecified atom stereocenters. The molecule has 0 saturated heterocycles. The lowest BCUT2D eigenvalue weighted by Crippen LogP contribution is -1.79. The van der Waals surface area contributed by atoms with Gasteiger partial charge in [0.15, 0.2) is 5.70 Å². The van der Waals surface area contributed by atoms with Crippen molar-refractivity contribution >= 4 is 58.0 Å². The van der Waals surface area contributed by atoms with Gasteiger partial charge in [-0.1, -0.05) is 58.0 Å². The Kier molecular flexibility index (Phi) is 5.48. The number of rotatable bonds is 2. The zero-order valence-electron chi connectivity index (χ0n) is 4.75. The van der Waals surface area contributed by atoms with E-state index in [1.165, 1.54) is 0 Å². The normalized spacial score (nSPS) is 8.82. The molecule has 7 heteroatoms. The summed E-state index contributed by atoms with van der Waals surface area (Å²) in [6, 6.07) is 0. The Balaban J connectivity index is 4.99. The Hall–Kier alpha value is 0.530. The van der Waals surface area contributed by atoms with Gasteiger partial charge in [-0.05, 0) is 5.18 Å². The van der Waals surface area contributed by atoms with E-state index < -0.39 is 0 Å². The van der Waals surface area contributed by atoms with Gasteiger partial charge in [0.25, 0.3) is 0 Å². The van der Waals surface area contributed by atoms with Gasteiger partial charge in [-0.2, -0.15) is 0 Å². The van der Waals surface area contributed by atoms with Crippen molar-refractivity contribution in [3.05, 3.63) is 24.6 Å². The van der Waals surface area contributed by atoms with Gasteiger partial charge < -0.3 is 0 Å². The molecule has 0 aromatic carbocycles. The van der Waals surface area contributed by atoms with Crippen LogP contribution in [0.4, 0.5) is 0 Å². The van der Waals surface area contributed by atoms with Crippen LogP contribution in [0.3, 0.4) is 0 Å². The van der Waals surface area contributed by atoms with Gasteiger partial charge in [0.2, 0.25) is 0 Å². The number of hydrogen-bond acceptors (Lipinski definition) is 2. The number of halogens is 5. The highest BCUT2D eigenvalue weighted by molar-refractivity contribution is 6.61. The molecule has 2 nitrogen and oxygen atoms in total. The summed E-state index contributed by atoms with van der Waals surface area (Å²) >= 11 is 26.2. The maximum atomic E-state index is 9.98. The van der Waals surface area contributed by atoms with Crippen molar-refractivity contribution in [2.75, 3.05) is 0 Å². The highest BCUT2D eigenvalue weighted by atomic mass is 35.5. The third-order valence-corrected chi connectivity index (χ3v) is 1.94. The first-order valence-corrected chi connectivity index (χ1v) is 3.99. The van der Waals surface area contributed by atoms with Crippen LogP contribution in [0, 0.1) is 4.91 Å². The molecule has 0 aliphatic rings. The molecule has 0 heterocycles. The van der Waals surface area contributed by atoms with Gasteiger partial charge in [0, 0.05) is 0 Å². The van der Waals surface area contributed by atoms with Gasteiger partial charge in [-0.15, -0.1) is 4.91 Å². The van der Waals surface area contributed by atoms with E-state index in [0.717, 1.165) is 0 Å². The van der Waals surface area contributed by atoms with Crippen molar-refractivity contribution in [3.63, 3.8) is 0 Å². The van der Waals surface area contributed by atoms with E-state index in [2.05, 4.69) is 5.18 Å². The van der Waals surface area contributed by atoms with Crippen LogP contribution in [-0.2, 0) is 0 Å². The zero-order chi connectivity index (χ0) is 9.02. The highest BCUT2D eigenvalue weighted by Gasteiger charge is 2.11. The maximum absolute atomic E-state index is 9.98. The molecule has 0 N–H and O–H groups in total. The molecular formula is C4Cl5NO. The van der Waals surface area contributed by atoms with Crippen LogP contribution in [0.1, 0.15) is 0 Å². The second kappa shape index (κ2) is 5.22. The molecule has 0 aromatic rings. The van der Waals surface area contributed by atoms with Crippen LogP contribution in [0.2, 0.25) is 0 Å². The van der Waals surface area contributed by atoms with E-state index in [1.54, 1.807) is 0 Å². The predicted molar refractivity (Wildman–Crippen MR) is 49.1 cm³/mol. The quantitative estimate of drug-likeness (QED) is 0.534. The van der Waals surface area contributed by atoms with Crippen LogP contribution in [0.15, 0.2) is 24.9 Å². The van der Waals surface area contributed by atoms with Gasteiger partial charge in [-0.3, -0.25) is 0 Å². The van der Waals surface area contributed by atoms with Crippen molar-refractivity contribution < 1.29 is 0 Å². The Morgan fingerprint density at radius 1 is 0.909 bits per heavy atom. The molecule has 11 heavy (non-hydrogen) atoms. The minimum absolute atomic E-state index is 0.275. The van der Waals surface area contributed by atoms with Crippen LogP contribution in [0.5, 0.6) is 0 Å². The second-order valence-electron chi connectivity index (χ2n) is 1.27. The molecule has 0 aromatic heterocycles. The Labute approximate surface area is 87.7 Å². The van der Waals surface area contributed by atoms with Gasteiger partial charge in [0.1, 0.15) is 14.0 Å². The standard InChI is InChI=1S/C4Cl5NO/c5-1(3(6)7)2(10-11)4(8)9. The van der Waals surface area contributed by atoms with Gasteiger partial charge in [-0.25, -0.2) is 0 Å². The Morgan fingerprint density at radius 2 is 1.36 bits per heavy atom. The minimum atomic E-state index is -0.385. The summed E-state index contributed by atoms with van der Waals surface area (Å²) in [5.74, 6) is 0. The largest absolute Gasteiger partial charge is 0.159 e. The third kappa shape index (κ3) is 3.63. The fraction of sp³-hybridized carbons (Fsp3) is 0. The first-order chi connectivity index (χ1) is 5.00. The van der Waals surface area contributed by atoms with Gasteiger partial charge in [0.05, 0.1) is 0 Å². The molecule has 0 rings (SSSR count). The van der Waals surface area contributed by atoms with Crippen molar-refractivity contribution in [3.8, 4) is 0 Å². The lowest BCUT2D eigenvalue weighted by Gasteiger charge is -1.94. The van der Waals surface area contributed by atoms with E-state index in [1.807, 2.05) is 0 Å². The number of nitroso groups, excluding NO2 is 1. The molecule has 0 aliphatic heterocycles. The van der Waals surface area contributed by atoms with Crippen molar-refractivity contribution in [2.24, 2.45) is 5.18 Å². The first kappa shape index (κ1) is 11.5. The molecule has 62 valence electrons. The number of allylic oxidation sites excluding steroid dienone is 1. The number of hydrogen-bond donors (Lipinski definition) is 0. The van der Waals surface area contributed by atoms with Crippen molar-refractivity contribution in [1.82, 2.24) is 0 Å². The minimum Gasteiger partial charge on any atom is -0.145 e. The molecular weight excluding hydrogens is 255 g/mol. The summed E-state index contributed by atoms with van der Waals surface area (Å²) in [5.41, 5.74) is -0.380. The van der Waals surface area contributed by atoms with Gasteiger partial charge >= 0.3 is 0 Å². The highest BCUT2D eigenvalue weighted by Crippen LogP contribution is 2.30. The summed E-state index contributed by atoms with van der Waals surface area (Å²) < 4.78 is -0.705. The summed E-state index contributed by atoms with van der Waals surface area (Å²) in [6.07, 6.45) is 0. The lowest BCUT2D eigenvalue weighted by molar-refractivity contribution is 1.37. The summed E-state index contributed by atoms with van der Waals surface area (Å²) in [7, 11) is 0. The van der Waals surface area contributed by atoms with E-state index in [4.69, 9.17) is 58.0 Å². The van der Waals surface area contributed by atoms with Crippen LogP contribution in [0.25, 0.3) is 0 Å². The fourth-order valence-corrected chi connectivity index (χ4v) is 0.910. The zero-order valence-corrected chi connectivity index (χ0v) is 8.52. The molecule has 0 atom stereocenters. The first-order valence-electron chi connectivity index (χ1n) is 2.10. The van der Waals surface area contributed by atoms with E-state index >= 15 is 0 Å². The van der Waals surface area contributed by atoms with E-state index in [-0.39, 0.29) is 19.7 Å².